The van der Waals surface area contributed by atoms with Crippen molar-refractivity contribution < 1.29 is 22.3 Å². The topological polar surface area (TPSA) is 122 Å². The first-order valence-corrected chi connectivity index (χ1v) is 13.1. The third-order valence-electron chi connectivity index (χ3n) is 5.25. The number of benzene rings is 1. The van der Waals surface area contributed by atoms with Crippen LogP contribution < -0.4 is 9.47 Å². The van der Waals surface area contributed by atoms with Crippen molar-refractivity contribution in [2.45, 2.75) is 31.3 Å². The Hall–Kier alpha value is -3.45. The lowest BCUT2D eigenvalue weighted by Gasteiger charge is -2.17. The third-order valence-corrected chi connectivity index (χ3v) is 8.26. The lowest BCUT2D eigenvalue weighted by atomic mass is 10.2. The molecule has 0 fully saturated rings. The van der Waals surface area contributed by atoms with E-state index >= 15 is 0 Å². The van der Waals surface area contributed by atoms with Crippen molar-refractivity contribution in [2.24, 2.45) is 0 Å². The molecule has 0 unspecified atom stereocenters. The molecule has 0 N–H and O–H groups in total. The lowest BCUT2D eigenvalue weighted by molar-refractivity contribution is 0.391. The van der Waals surface area contributed by atoms with Crippen LogP contribution in [0.5, 0.6) is 11.5 Å². The maximum atomic E-state index is 13.3. The molecular formula is C22H23FN6O4S2. The molecule has 0 amide bonds. The van der Waals surface area contributed by atoms with Gasteiger partial charge in [0.15, 0.2) is 32.3 Å². The van der Waals surface area contributed by atoms with Gasteiger partial charge in [0.05, 0.1) is 31.9 Å². The van der Waals surface area contributed by atoms with Crippen molar-refractivity contribution in [3.63, 3.8) is 0 Å². The van der Waals surface area contributed by atoms with Crippen LogP contribution in [0, 0.1) is 12.7 Å². The Bertz CT molecular complexity index is 1410. The van der Waals surface area contributed by atoms with E-state index in [0.717, 1.165) is 18.1 Å². The highest BCUT2D eigenvalue weighted by Crippen LogP contribution is 2.37. The summed E-state index contributed by atoms with van der Waals surface area (Å²) in [5.41, 5.74) is 1.26. The quantitative estimate of drug-likeness (QED) is 0.329. The van der Waals surface area contributed by atoms with Crippen LogP contribution in [0.3, 0.4) is 0 Å². The normalized spacial score (nSPS) is 12.5. The monoisotopic (exact) mass is 518 g/mol. The second-order valence-corrected chi connectivity index (χ2v) is 11.0. The summed E-state index contributed by atoms with van der Waals surface area (Å²) < 4.78 is 52.5. The van der Waals surface area contributed by atoms with E-state index in [-0.39, 0.29) is 18.1 Å². The molecule has 0 bridgehead atoms. The lowest BCUT2D eigenvalue weighted by Crippen LogP contribution is -2.24. The molecule has 0 aliphatic rings. The highest BCUT2D eigenvalue weighted by molar-refractivity contribution is 7.91. The van der Waals surface area contributed by atoms with E-state index in [1.807, 2.05) is 12.3 Å². The first kappa shape index (κ1) is 24.7. The zero-order chi connectivity index (χ0) is 25.2. The second-order valence-electron chi connectivity index (χ2n) is 7.72. The molecule has 10 nitrogen and oxygen atoms in total. The number of methoxy groups -OCH3 is 2. The van der Waals surface area contributed by atoms with Crippen molar-refractivity contribution in [3.8, 4) is 28.0 Å². The molecule has 0 aliphatic heterocycles. The SMILES string of the molecule is COc1cccc(OC)c1-n1c(CS(=O)(=O)[C@@H](C)Cc2ncc(F)cn2)nnc1-c1nc(C)cs1. The Labute approximate surface area is 205 Å². The van der Waals surface area contributed by atoms with Crippen LogP contribution in [0.15, 0.2) is 36.0 Å². The number of aromatic nitrogens is 6. The van der Waals surface area contributed by atoms with Gasteiger partial charge in [-0.15, -0.1) is 21.5 Å². The predicted molar refractivity (Wildman–Crippen MR) is 128 cm³/mol. The van der Waals surface area contributed by atoms with Gasteiger partial charge < -0.3 is 9.47 Å². The Morgan fingerprint density at radius 2 is 1.77 bits per heavy atom. The summed E-state index contributed by atoms with van der Waals surface area (Å²) in [7, 11) is -0.729. The highest BCUT2D eigenvalue weighted by Gasteiger charge is 2.30. The van der Waals surface area contributed by atoms with Crippen LogP contribution in [0.1, 0.15) is 24.3 Å². The zero-order valence-corrected chi connectivity index (χ0v) is 21.1. The molecule has 0 radical (unpaired) electrons. The number of rotatable bonds is 9. The van der Waals surface area contributed by atoms with E-state index < -0.39 is 26.7 Å². The third kappa shape index (κ3) is 5.15. The minimum atomic E-state index is -3.75. The van der Waals surface area contributed by atoms with Gasteiger partial charge in [-0.3, -0.25) is 4.57 Å². The van der Waals surface area contributed by atoms with Crippen LogP contribution in [-0.2, 0) is 22.0 Å². The molecule has 3 heterocycles. The van der Waals surface area contributed by atoms with Gasteiger partial charge in [0.1, 0.15) is 28.8 Å². The largest absolute Gasteiger partial charge is 0.494 e. The maximum Gasteiger partial charge on any atom is 0.197 e. The van der Waals surface area contributed by atoms with Gasteiger partial charge in [-0.2, -0.15) is 0 Å². The molecule has 0 saturated carbocycles. The smallest absolute Gasteiger partial charge is 0.197 e. The highest BCUT2D eigenvalue weighted by atomic mass is 32.2. The second kappa shape index (κ2) is 10.0. The van der Waals surface area contributed by atoms with Crippen LogP contribution in [0.2, 0.25) is 0 Å². The van der Waals surface area contributed by atoms with Gasteiger partial charge in [-0.25, -0.2) is 27.8 Å². The average Bonchev–Trinajstić information content (AvgIpc) is 3.45. The molecule has 0 spiro atoms. The van der Waals surface area contributed by atoms with Gasteiger partial charge in [0, 0.05) is 17.5 Å². The van der Waals surface area contributed by atoms with Crippen molar-refractivity contribution in [1.82, 2.24) is 29.7 Å². The summed E-state index contributed by atoms with van der Waals surface area (Å²) in [6.45, 7) is 3.41. The van der Waals surface area contributed by atoms with Gasteiger partial charge in [-0.1, -0.05) is 6.07 Å². The van der Waals surface area contributed by atoms with E-state index in [2.05, 4.69) is 25.1 Å². The minimum absolute atomic E-state index is 0.0211. The summed E-state index contributed by atoms with van der Waals surface area (Å²) >= 11 is 1.37. The molecule has 4 rings (SSSR count). The molecule has 35 heavy (non-hydrogen) atoms. The van der Waals surface area contributed by atoms with Crippen LogP contribution >= 0.6 is 11.3 Å². The fourth-order valence-electron chi connectivity index (χ4n) is 3.44. The molecular weight excluding hydrogens is 495 g/mol. The maximum absolute atomic E-state index is 13.3. The Morgan fingerprint density at radius 1 is 1.11 bits per heavy atom. The Balaban J connectivity index is 1.79. The Morgan fingerprint density at radius 3 is 2.34 bits per heavy atom. The van der Waals surface area contributed by atoms with Gasteiger partial charge in [-0.05, 0) is 26.0 Å². The number of ether oxygens (including phenoxy) is 2. The molecule has 0 saturated heterocycles. The fraction of sp³-hybridized carbons (Fsp3) is 0.318. The van der Waals surface area contributed by atoms with E-state index in [1.54, 1.807) is 29.7 Å². The molecule has 1 atom stereocenters. The van der Waals surface area contributed by atoms with Gasteiger partial charge in [0.25, 0.3) is 0 Å². The number of aryl methyl sites for hydroxylation is 1. The number of hydrogen-bond donors (Lipinski definition) is 0. The number of nitrogens with zero attached hydrogens (tertiary/aromatic N) is 6. The van der Waals surface area contributed by atoms with E-state index in [0.29, 0.717) is 28.0 Å². The molecule has 3 aromatic heterocycles. The van der Waals surface area contributed by atoms with Crippen molar-refractivity contribution >= 4 is 21.2 Å². The fourth-order valence-corrected chi connectivity index (χ4v) is 5.45. The first-order chi connectivity index (χ1) is 16.7. The molecule has 184 valence electrons. The molecule has 4 aromatic rings. The average molecular weight is 519 g/mol. The first-order valence-electron chi connectivity index (χ1n) is 10.5. The molecule has 1 aromatic carbocycles. The summed E-state index contributed by atoms with van der Waals surface area (Å²) in [4.78, 5) is 12.2. The molecule has 0 aliphatic carbocycles. The summed E-state index contributed by atoms with van der Waals surface area (Å²) in [5.74, 6) is 0.652. The Kier molecular flexibility index (Phi) is 7.08. The predicted octanol–water partition coefficient (Wildman–Crippen LogP) is 3.19. The van der Waals surface area contributed by atoms with E-state index in [1.165, 1.54) is 25.6 Å². The molecule has 13 heteroatoms. The number of para-hydroxylation sites is 1. The number of halogens is 1. The summed E-state index contributed by atoms with van der Waals surface area (Å²) in [6.07, 6.45) is 2.04. The number of thiazole rings is 1. The van der Waals surface area contributed by atoms with E-state index in [4.69, 9.17) is 9.47 Å². The van der Waals surface area contributed by atoms with Crippen molar-refractivity contribution in [3.05, 3.63) is 59.1 Å². The van der Waals surface area contributed by atoms with Crippen molar-refractivity contribution in [1.29, 1.82) is 0 Å². The van der Waals surface area contributed by atoms with Gasteiger partial charge in [0.2, 0.25) is 0 Å². The summed E-state index contributed by atoms with van der Waals surface area (Å²) in [5, 5.41) is 10.1. The minimum Gasteiger partial charge on any atom is -0.494 e. The van der Waals surface area contributed by atoms with Crippen LogP contribution in [0.25, 0.3) is 16.5 Å². The standard InChI is InChI=1S/C22H23FN6O4S2/c1-13-11-34-22(26-13)21-28-27-19(29(21)20-16(32-3)6-5-7-17(20)33-4)12-35(30,31)14(2)8-18-24-9-15(23)10-25-18/h5-7,9-11,14H,8,12H2,1-4H3/t14-/m0/s1. The zero-order valence-electron chi connectivity index (χ0n) is 19.5. The van der Waals surface area contributed by atoms with Crippen molar-refractivity contribution in [2.75, 3.05) is 14.2 Å². The summed E-state index contributed by atoms with van der Waals surface area (Å²) in [6, 6.07) is 5.24. The van der Waals surface area contributed by atoms with Crippen LogP contribution in [-0.4, -0.2) is 57.6 Å². The number of sulfone groups is 1. The van der Waals surface area contributed by atoms with E-state index in [9.17, 15) is 12.8 Å². The van der Waals surface area contributed by atoms with Gasteiger partial charge >= 0.3 is 0 Å². The van der Waals surface area contributed by atoms with Crippen LogP contribution in [0.4, 0.5) is 4.39 Å². The number of hydrogen-bond acceptors (Lipinski definition) is 10.